The number of rotatable bonds is 3. The lowest BCUT2D eigenvalue weighted by Crippen LogP contribution is -2.15. The second-order valence-electron chi connectivity index (χ2n) is 4.88. The molecule has 98 valence electrons. The van der Waals surface area contributed by atoms with Crippen LogP contribution in [0.25, 0.3) is 0 Å². The zero-order valence-corrected chi connectivity index (χ0v) is 10.9. The largest absolute Gasteiger partial charge is 0.486 e. The molecule has 1 aromatic carbocycles. The normalized spacial score (nSPS) is 17.8. The Balaban J connectivity index is 1.84. The number of nitrogens with two attached hydrogens (primary N) is 1. The predicted octanol–water partition coefficient (Wildman–Crippen LogP) is 3.00. The highest BCUT2D eigenvalue weighted by atomic mass is 16.5. The maximum atomic E-state index is 6.13. The third-order valence-corrected chi connectivity index (χ3v) is 3.59. The first-order valence-electron chi connectivity index (χ1n) is 6.76. The van der Waals surface area contributed by atoms with E-state index >= 15 is 0 Å². The summed E-state index contributed by atoms with van der Waals surface area (Å²) in [6.07, 6.45) is 5.30. The second kappa shape index (κ2) is 5.41. The zero-order valence-electron chi connectivity index (χ0n) is 10.9. The van der Waals surface area contributed by atoms with Crippen LogP contribution in [0.5, 0.6) is 5.75 Å². The number of hydrogen-bond donors (Lipinski definition) is 1. The fourth-order valence-electron chi connectivity index (χ4n) is 2.64. The van der Waals surface area contributed by atoms with Crippen LogP contribution in [0, 0.1) is 0 Å². The minimum atomic E-state index is 0.151. The van der Waals surface area contributed by atoms with E-state index in [1.807, 2.05) is 12.1 Å². The van der Waals surface area contributed by atoms with E-state index in [1.165, 1.54) is 17.5 Å². The maximum Gasteiger partial charge on any atom is 0.124 e. The number of nitrogens with zero attached hydrogens (tertiary/aromatic N) is 1. The Morgan fingerprint density at radius 2 is 2.16 bits per heavy atom. The van der Waals surface area contributed by atoms with E-state index in [-0.39, 0.29) is 6.10 Å². The summed E-state index contributed by atoms with van der Waals surface area (Å²) in [7, 11) is 0. The third-order valence-electron chi connectivity index (χ3n) is 3.59. The molecule has 1 aliphatic carbocycles. The molecule has 0 amide bonds. The van der Waals surface area contributed by atoms with Crippen molar-refractivity contribution in [1.29, 1.82) is 0 Å². The molecule has 0 bridgehead atoms. The maximum absolute atomic E-state index is 6.13. The molecule has 1 unspecified atom stereocenters. The van der Waals surface area contributed by atoms with Crippen molar-refractivity contribution in [2.45, 2.75) is 31.9 Å². The third kappa shape index (κ3) is 2.61. The van der Waals surface area contributed by atoms with Crippen molar-refractivity contribution in [1.82, 2.24) is 4.98 Å². The highest BCUT2D eigenvalue weighted by Gasteiger charge is 2.21. The Bertz CT molecular complexity index is 568. The van der Waals surface area contributed by atoms with Gasteiger partial charge in [0.25, 0.3) is 0 Å². The zero-order chi connectivity index (χ0) is 13.1. The standard InChI is InChI=1S/C16H18N2O/c17-11-13-10-14(8-9-18-13)19-16-7-3-5-12-4-1-2-6-15(12)16/h1-2,4,6,8-10,16H,3,5,7,11,17H2. The van der Waals surface area contributed by atoms with Crippen LogP contribution in [-0.2, 0) is 13.0 Å². The Morgan fingerprint density at radius 3 is 3.05 bits per heavy atom. The van der Waals surface area contributed by atoms with E-state index in [0.717, 1.165) is 24.3 Å². The van der Waals surface area contributed by atoms with Gasteiger partial charge in [0.15, 0.2) is 0 Å². The molecule has 3 rings (SSSR count). The van der Waals surface area contributed by atoms with Crippen molar-refractivity contribution in [3.63, 3.8) is 0 Å². The number of aryl methyl sites for hydroxylation is 1. The van der Waals surface area contributed by atoms with Gasteiger partial charge in [-0.3, -0.25) is 4.98 Å². The van der Waals surface area contributed by atoms with Crippen molar-refractivity contribution in [3.05, 3.63) is 59.4 Å². The van der Waals surface area contributed by atoms with Gasteiger partial charge >= 0.3 is 0 Å². The summed E-state index contributed by atoms with van der Waals surface area (Å²) in [4.78, 5) is 4.19. The number of benzene rings is 1. The minimum Gasteiger partial charge on any atom is -0.486 e. The molecule has 1 aliphatic rings. The van der Waals surface area contributed by atoms with E-state index in [4.69, 9.17) is 10.5 Å². The van der Waals surface area contributed by atoms with E-state index in [1.54, 1.807) is 6.20 Å². The minimum absolute atomic E-state index is 0.151. The van der Waals surface area contributed by atoms with E-state index in [9.17, 15) is 0 Å². The molecule has 1 aromatic heterocycles. The summed E-state index contributed by atoms with van der Waals surface area (Å²) in [5, 5.41) is 0. The highest BCUT2D eigenvalue weighted by Crippen LogP contribution is 2.33. The van der Waals surface area contributed by atoms with Crippen molar-refractivity contribution < 1.29 is 4.74 Å². The van der Waals surface area contributed by atoms with Crippen molar-refractivity contribution in [3.8, 4) is 5.75 Å². The van der Waals surface area contributed by atoms with Crippen LogP contribution in [0.2, 0.25) is 0 Å². The van der Waals surface area contributed by atoms with E-state index < -0.39 is 0 Å². The van der Waals surface area contributed by atoms with Gasteiger partial charge in [-0.15, -0.1) is 0 Å². The van der Waals surface area contributed by atoms with Crippen LogP contribution in [0.1, 0.15) is 35.8 Å². The molecule has 3 nitrogen and oxygen atoms in total. The molecule has 2 N–H and O–H groups in total. The number of hydrogen-bond acceptors (Lipinski definition) is 3. The molecule has 0 saturated heterocycles. The lowest BCUT2D eigenvalue weighted by molar-refractivity contribution is 0.183. The summed E-state index contributed by atoms with van der Waals surface area (Å²) < 4.78 is 6.13. The van der Waals surface area contributed by atoms with Gasteiger partial charge in [0.1, 0.15) is 11.9 Å². The topological polar surface area (TPSA) is 48.1 Å². The molecule has 1 heterocycles. The second-order valence-corrected chi connectivity index (χ2v) is 4.88. The summed E-state index contributed by atoms with van der Waals surface area (Å²) in [5.41, 5.74) is 9.20. The SMILES string of the molecule is NCc1cc(OC2CCCc3ccccc32)ccn1. The average Bonchev–Trinajstić information content (AvgIpc) is 2.48. The first-order valence-corrected chi connectivity index (χ1v) is 6.76. The molecular weight excluding hydrogens is 236 g/mol. The first-order chi connectivity index (χ1) is 9.36. The van der Waals surface area contributed by atoms with Crippen LogP contribution in [0.3, 0.4) is 0 Å². The van der Waals surface area contributed by atoms with Gasteiger partial charge in [0.05, 0.1) is 5.69 Å². The molecule has 3 heteroatoms. The Kier molecular flexibility index (Phi) is 3.47. The van der Waals surface area contributed by atoms with Crippen LogP contribution < -0.4 is 10.5 Å². The average molecular weight is 254 g/mol. The fourth-order valence-corrected chi connectivity index (χ4v) is 2.64. The monoisotopic (exact) mass is 254 g/mol. The van der Waals surface area contributed by atoms with E-state index in [0.29, 0.717) is 6.54 Å². The molecular formula is C16H18N2O. The Hall–Kier alpha value is -1.87. The molecule has 1 atom stereocenters. The number of ether oxygens (including phenoxy) is 1. The van der Waals surface area contributed by atoms with Gasteiger partial charge in [-0.25, -0.2) is 0 Å². The van der Waals surface area contributed by atoms with Crippen molar-refractivity contribution in [2.24, 2.45) is 5.73 Å². The summed E-state index contributed by atoms with van der Waals surface area (Å²) >= 11 is 0. The van der Waals surface area contributed by atoms with Crippen molar-refractivity contribution in [2.75, 3.05) is 0 Å². The molecule has 0 spiro atoms. The summed E-state index contributed by atoms with van der Waals surface area (Å²) in [5.74, 6) is 0.858. The molecule has 0 fully saturated rings. The van der Waals surface area contributed by atoms with Gasteiger partial charge < -0.3 is 10.5 Å². The first kappa shape index (κ1) is 12.2. The quantitative estimate of drug-likeness (QED) is 0.916. The number of aromatic nitrogens is 1. The van der Waals surface area contributed by atoms with Crippen LogP contribution in [0.15, 0.2) is 42.6 Å². The van der Waals surface area contributed by atoms with Gasteiger partial charge in [-0.05, 0) is 36.5 Å². The highest BCUT2D eigenvalue weighted by molar-refractivity contribution is 5.33. The number of pyridine rings is 1. The Labute approximate surface area is 113 Å². The van der Waals surface area contributed by atoms with Crippen LogP contribution in [0.4, 0.5) is 0 Å². The molecule has 19 heavy (non-hydrogen) atoms. The van der Waals surface area contributed by atoms with Gasteiger partial charge in [-0.2, -0.15) is 0 Å². The number of fused-ring (bicyclic) bond motifs is 1. The Morgan fingerprint density at radius 1 is 1.26 bits per heavy atom. The lowest BCUT2D eigenvalue weighted by Gasteiger charge is -2.26. The molecule has 0 aliphatic heterocycles. The predicted molar refractivity (Wildman–Crippen MR) is 74.9 cm³/mol. The summed E-state index contributed by atoms with van der Waals surface area (Å²) in [6, 6.07) is 12.4. The lowest BCUT2D eigenvalue weighted by atomic mass is 9.89. The molecule has 0 saturated carbocycles. The van der Waals surface area contributed by atoms with Crippen LogP contribution >= 0.6 is 0 Å². The fraction of sp³-hybridized carbons (Fsp3) is 0.312. The van der Waals surface area contributed by atoms with Crippen molar-refractivity contribution >= 4 is 0 Å². The smallest absolute Gasteiger partial charge is 0.124 e. The van der Waals surface area contributed by atoms with Crippen LogP contribution in [-0.4, -0.2) is 4.98 Å². The van der Waals surface area contributed by atoms with E-state index in [2.05, 4.69) is 29.2 Å². The van der Waals surface area contributed by atoms with Gasteiger partial charge in [-0.1, -0.05) is 24.3 Å². The van der Waals surface area contributed by atoms with Gasteiger partial charge in [0.2, 0.25) is 0 Å². The molecule has 0 radical (unpaired) electrons. The molecule has 2 aromatic rings. The van der Waals surface area contributed by atoms with Gasteiger partial charge in [0, 0.05) is 18.8 Å². The summed E-state index contributed by atoms with van der Waals surface area (Å²) in [6.45, 7) is 0.443.